The van der Waals surface area contributed by atoms with Gasteiger partial charge < -0.3 is 5.32 Å². The SMILES string of the molecule is CCCNC(CC1CCCCC1)c1cc(C)nnc1CC. The topological polar surface area (TPSA) is 37.8 Å². The monoisotopic (exact) mass is 289 g/mol. The van der Waals surface area contributed by atoms with Gasteiger partial charge in [-0.15, -0.1) is 0 Å². The summed E-state index contributed by atoms with van der Waals surface area (Å²) in [7, 11) is 0. The summed E-state index contributed by atoms with van der Waals surface area (Å²) in [4.78, 5) is 0. The summed E-state index contributed by atoms with van der Waals surface area (Å²) in [6.45, 7) is 7.55. The van der Waals surface area contributed by atoms with Crippen LogP contribution >= 0.6 is 0 Å². The van der Waals surface area contributed by atoms with Gasteiger partial charge in [0.05, 0.1) is 11.4 Å². The molecule has 0 bridgehead atoms. The van der Waals surface area contributed by atoms with Crippen molar-refractivity contribution in [1.82, 2.24) is 15.5 Å². The standard InChI is InChI=1S/C18H31N3/c1-4-11-19-18(13-15-9-7-6-8-10-15)16-12-14(3)20-21-17(16)5-2/h12,15,18-19H,4-11,13H2,1-3H3. The molecular formula is C18H31N3. The summed E-state index contributed by atoms with van der Waals surface area (Å²) in [6, 6.07) is 2.71. The molecule has 118 valence electrons. The molecule has 2 rings (SSSR count). The Labute approximate surface area is 129 Å². The molecule has 3 nitrogen and oxygen atoms in total. The number of nitrogens with one attached hydrogen (secondary N) is 1. The van der Waals surface area contributed by atoms with Crippen molar-refractivity contribution >= 4 is 0 Å². The van der Waals surface area contributed by atoms with E-state index in [0.29, 0.717) is 6.04 Å². The highest BCUT2D eigenvalue weighted by atomic mass is 15.1. The maximum atomic E-state index is 4.43. The molecule has 1 atom stereocenters. The lowest BCUT2D eigenvalue weighted by atomic mass is 9.83. The van der Waals surface area contributed by atoms with E-state index in [1.54, 1.807) is 0 Å². The molecule has 0 amide bonds. The van der Waals surface area contributed by atoms with Gasteiger partial charge in [0.2, 0.25) is 0 Å². The van der Waals surface area contributed by atoms with E-state index in [4.69, 9.17) is 0 Å². The second-order valence-corrected chi connectivity index (χ2v) is 6.49. The van der Waals surface area contributed by atoms with Crippen molar-refractivity contribution in [2.24, 2.45) is 5.92 Å². The van der Waals surface area contributed by atoms with E-state index >= 15 is 0 Å². The first kappa shape index (κ1) is 16.4. The third-order valence-corrected chi connectivity index (χ3v) is 4.67. The van der Waals surface area contributed by atoms with Gasteiger partial charge in [-0.25, -0.2) is 0 Å². The molecule has 0 radical (unpaired) electrons. The van der Waals surface area contributed by atoms with Crippen LogP contribution in [0.4, 0.5) is 0 Å². The zero-order valence-electron chi connectivity index (χ0n) is 14.0. The van der Waals surface area contributed by atoms with Crippen molar-refractivity contribution in [2.75, 3.05) is 6.54 Å². The number of aryl methyl sites for hydroxylation is 2. The van der Waals surface area contributed by atoms with E-state index in [2.05, 4.69) is 35.4 Å². The lowest BCUT2D eigenvalue weighted by molar-refractivity contribution is 0.299. The second-order valence-electron chi connectivity index (χ2n) is 6.49. The Balaban J connectivity index is 2.15. The molecule has 1 aliphatic rings. The normalized spacial score (nSPS) is 17.9. The molecule has 3 heteroatoms. The summed E-state index contributed by atoms with van der Waals surface area (Å²) in [6.07, 6.45) is 10.5. The largest absolute Gasteiger partial charge is 0.310 e. The molecule has 0 aliphatic heterocycles. The van der Waals surface area contributed by atoms with E-state index in [1.807, 2.05) is 6.92 Å². The smallest absolute Gasteiger partial charge is 0.0676 e. The van der Waals surface area contributed by atoms with Crippen LogP contribution in [-0.2, 0) is 6.42 Å². The predicted octanol–water partition coefficient (Wildman–Crippen LogP) is 4.36. The van der Waals surface area contributed by atoms with E-state index in [-0.39, 0.29) is 0 Å². The Morgan fingerprint density at radius 2 is 1.95 bits per heavy atom. The van der Waals surface area contributed by atoms with Crippen molar-refractivity contribution in [3.8, 4) is 0 Å². The first-order valence-electron chi connectivity index (χ1n) is 8.81. The van der Waals surface area contributed by atoms with Crippen LogP contribution in [-0.4, -0.2) is 16.7 Å². The van der Waals surface area contributed by atoms with Gasteiger partial charge >= 0.3 is 0 Å². The molecule has 1 aromatic rings. The quantitative estimate of drug-likeness (QED) is 0.810. The minimum atomic E-state index is 0.456. The van der Waals surface area contributed by atoms with Crippen LogP contribution in [0, 0.1) is 12.8 Å². The summed E-state index contributed by atoms with van der Waals surface area (Å²) in [5, 5.41) is 12.4. The zero-order valence-corrected chi connectivity index (χ0v) is 14.0. The van der Waals surface area contributed by atoms with Gasteiger partial charge in [-0.2, -0.15) is 10.2 Å². The number of nitrogens with zero attached hydrogens (tertiary/aromatic N) is 2. The number of hydrogen-bond donors (Lipinski definition) is 1. The van der Waals surface area contributed by atoms with Gasteiger partial charge in [0.25, 0.3) is 0 Å². The fourth-order valence-electron chi connectivity index (χ4n) is 3.51. The van der Waals surface area contributed by atoms with E-state index < -0.39 is 0 Å². The summed E-state index contributed by atoms with van der Waals surface area (Å²) in [5.74, 6) is 0.881. The average molecular weight is 289 g/mol. The van der Waals surface area contributed by atoms with Gasteiger partial charge in [-0.3, -0.25) is 0 Å². The highest BCUT2D eigenvalue weighted by Crippen LogP contribution is 2.32. The van der Waals surface area contributed by atoms with E-state index in [9.17, 15) is 0 Å². The zero-order chi connectivity index (χ0) is 15.1. The molecule has 1 fully saturated rings. The molecule has 0 aromatic carbocycles. The number of rotatable bonds is 7. The fraction of sp³-hybridized carbons (Fsp3) is 0.778. The third kappa shape index (κ3) is 4.77. The molecule has 1 unspecified atom stereocenters. The Hall–Kier alpha value is -0.960. The molecule has 0 saturated heterocycles. The summed E-state index contributed by atoms with van der Waals surface area (Å²) in [5.41, 5.74) is 3.60. The maximum absolute atomic E-state index is 4.43. The van der Waals surface area contributed by atoms with Gasteiger partial charge in [0.1, 0.15) is 0 Å². The Bertz CT molecular complexity index is 424. The Morgan fingerprint density at radius 1 is 1.19 bits per heavy atom. The predicted molar refractivity (Wildman–Crippen MR) is 88.4 cm³/mol. The van der Waals surface area contributed by atoms with E-state index in [0.717, 1.165) is 24.6 Å². The lowest BCUT2D eigenvalue weighted by Gasteiger charge is -2.28. The highest BCUT2D eigenvalue weighted by molar-refractivity contribution is 5.25. The van der Waals surface area contributed by atoms with Gasteiger partial charge in [0, 0.05) is 6.04 Å². The van der Waals surface area contributed by atoms with Gasteiger partial charge in [-0.05, 0) is 50.3 Å². The van der Waals surface area contributed by atoms with Crippen molar-refractivity contribution in [2.45, 2.75) is 78.2 Å². The molecule has 21 heavy (non-hydrogen) atoms. The van der Waals surface area contributed by atoms with Gasteiger partial charge in [0.15, 0.2) is 0 Å². The van der Waals surface area contributed by atoms with Crippen LogP contribution in [0.2, 0.25) is 0 Å². The van der Waals surface area contributed by atoms with Crippen LogP contribution in [0.15, 0.2) is 6.07 Å². The molecule has 1 aliphatic carbocycles. The molecule has 1 aromatic heterocycles. The number of hydrogen-bond acceptors (Lipinski definition) is 3. The van der Waals surface area contributed by atoms with Crippen LogP contribution in [0.3, 0.4) is 0 Å². The summed E-state index contributed by atoms with van der Waals surface area (Å²) < 4.78 is 0. The molecule has 1 heterocycles. The first-order chi connectivity index (χ1) is 10.2. The molecular weight excluding hydrogens is 258 g/mol. The van der Waals surface area contributed by atoms with Crippen molar-refractivity contribution in [3.05, 3.63) is 23.0 Å². The molecule has 1 N–H and O–H groups in total. The number of aromatic nitrogens is 2. The third-order valence-electron chi connectivity index (χ3n) is 4.67. The minimum Gasteiger partial charge on any atom is -0.310 e. The fourth-order valence-corrected chi connectivity index (χ4v) is 3.51. The first-order valence-corrected chi connectivity index (χ1v) is 8.81. The van der Waals surface area contributed by atoms with Crippen LogP contribution < -0.4 is 5.32 Å². The van der Waals surface area contributed by atoms with Crippen molar-refractivity contribution in [1.29, 1.82) is 0 Å². The molecule has 1 saturated carbocycles. The summed E-state index contributed by atoms with van der Waals surface area (Å²) >= 11 is 0. The van der Waals surface area contributed by atoms with Crippen LogP contribution in [0.1, 0.15) is 81.8 Å². The average Bonchev–Trinajstić information content (AvgIpc) is 2.52. The lowest BCUT2D eigenvalue weighted by Crippen LogP contribution is -2.27. The minimum absolute atomic E-state index is 0.456. The highest BCUT2D eigenvalue weighted by Gasteiger charge is 2.22. The van der Waals surface area contributed by atoms with Crippen LogP contribution in [0.25, 0.3) is 0 Å². The van der Waals surface area contributed by atoms with Crippen molar-refractivity contribution in [3.63, 3.8) is 0 Å². The second kappa shape index (κ2) is 8.47. The Morgan fingerprint density at radius 3 is 2.62 bits per heavy atom. The maximum Gasteiger partial charge on any atom is 0.0676 e. The van der Waals surface area contributed by atoms with Gasteiger partial charge in [-0.1, -0.05) is 46.0 Å². The van der Waals surface area contributed by atoms with Crippen molar-refractivity contribution < 1.29 is 0 Å². The van der Waals surface area contributed by atoms with E-state index in [1.165, 1.54) is 56.2 Å². The van der Waals surface area contributed by atoms with Crippen LogP contribution in [0.5, 0.6) is 0 Å². The Kier molecular flexibility index (Phi) is 6.62. The molecule has 0 spiro atoms.